The van der Waals surface area contributed by atoms with E-state index < -0.39 is 23.7 Å². The van der Waals surface area contributed by atoms with Gasteiger partial charge in [0.15, 0.2) is 0 Å². The number of nitrogens with one attached hydrogen (secondary N) is 1. The lowest BCUT2D eigenvalue weighted by atomic mass is 10.1. The minimum Gasteiger partial charge on any atom is -0.303 e. The van der Waals surface area contributed by atoms with Crippen molar-refractivity contribution in [2.75, 3.05) is 0 Å². The Morgan fingerprint density at radius 2 is 1.77 bits per heavy atom. The topological polar surface area (TPSA) is 49.4 Å². The third kappa shape index (κ3) is 3.77. The fourth-order valence-electron chi connectivity index (χ4n) is 2.56. The molecular formula is C19H15F3N2O2. The minimum absolute atomic E-state index is 0.0542. The van der Waals surface area contributed by atoms with Crippen molar-refractivity contribution in [3.63, 3.8) is 0 Å². The Morgan fingerprint density at radius 3 is 2.42 bits per heavy atom. The fraction of sp³-hybridized carbons (Fsp3) is 0.158. The van der Waals surface area contributed by atoms with Gasteiger partial charge in [0.25, 0.3) is 5.91 Å². The predicted octanol–water partition coefficient (Wildman–Crippen LogP) is 4.11. The van der Waals surface area contributed by atoms with Gasteiger partial charge in [-0.05, 0) is 36.3 Å². The summed E-state index contributed by atoms with van der Waals surface area (Å²) in [4.78, 5) is 25.5. The smallest absolute Gasteiger partial charge is 0.303 e. The van der Waals surface area contributed by atoms with Gasteiger partial charge >= 0.3 is 12.2 Å². The maximum absolute atomic E-state index is 12.8. The van der Waals surface area contributed by atoms with Crippen LogP contribution >= 0.6 is 0 Å². The molecule has 2 aromatic rings. The van der Waals surface area contributed by atoms with Crippen molar-refractivity contribution in [2.24, 2.45) is 0 Å². The van der Waals surface area contributed by atoms with Gasteiger partial charge in [-0.3, -0.25) is 9.69 Å². The molecule has 3 rings (SSSR count). The van der Waals surface area contributed by atoms with Crippen molar-refractivity contribution in [3.8, 4) is 0 Å². The highest BCUT2D eigenvalue weighted by Crippen LogP contribution is 2.30. The first kappa shape index (κ1) is 17.7. The highest BCUT2D eigenvalue weighted by molar-refractivity contribution is 6.13. The number of hydrogen-bond donors (Lipinski definition) is 1. The summed E-state index contributed by atoms with van der Waals surface area (Å²) in [6.07, 6.45) is -3.24. The molecule has 1 N–H and O–H groups in total. The van der Waals surface area contributed by atoms with Gasteiger partial charge in [0, 0.05) is 0 Å². The Bertz CT molecular complexity index is 886. The molecule has 26 heavy (non-hydrogen) atoms. The van der Waals surface area contributed by atoms with Crippen LogP contribution in [-0.4, -0.2) is 16.8 Å². The van der Waals surface area contributed by atoms with Crippen LogP contribution < -0.4 is 5.32 Å². The normalized spacial score (nSPS) is 16.3. The van der Waals surface area contributed by atoms with Gasteiger partial charge in [0.1, 0.15) is 5.70 Å². The summed E-state index contributed by atoms with van der Waals surface area (Å²) in [5.41, 5.74) is 1.14. The van der Waals surface area contributed by atoms with E-state index in [-0.39, 0.29) is 17.8 Å². The lowest BCUT2D eigenvalue weighted by Crippen LogP contribution is -2.30. The second-order valence-electron chi connectivity index (χ2n) is 5.99. The van der Waals surface area contributed by atoms with Crippen molar-refractivity contribution < 1.29 is 22.8 Å². The van der Waals surface area contributed by atoms with E-state index >= 15 is 0 Å². The number of urea groups is 1. The summed E-state index contributed by atoms with van der Waals surface area (Å²) >= 11 is 0. The van der Waals surface area contributed by atoms with Gasteiger partial charge in [-0.25, -0.2) is 4.79 Å². The summed E-state index contributed by atoms with van der Waals surface area (Å²) in [7, 11) is 0. The molecule has 1 aliphatic rings. The highest BCUT2D eigenvalue weighted by Gasteiger charge is 2.34. The summed E-state index contributed by atoms with van der Waals surface area (Å²) in [6, 6.07) is 11.3. The SMILES string of the molecule is Cc1ccc(CN2C(=O)N/C(=C/c3cccc(C(F)(F)F)c3)C2=O)cc1. The Balaban J connectivity index is 1.82. The average molecular weight is 360 g/mol. The van der Waals surface area contributed by atoms with Crippen LogP contribution in [0.25, 0.3) is 6.08 Å². The van der Waals surface area contributed by atoms with Crippen molar-refractivity contribution in [1.82, 2.24) is 10.2 Å². The molecule has 2 aromatic carbocycles. The molecule has 0 atom stereocenters. The summed E-state index contributed by atoms with van der Waals surface area (Å²) < 4.78 is 38.4. The minimum atomic E-state index is -4.48. The molecule has 4 nitrogen and oxygen atoms in total. The highest BCUT2D eigenvalue weighted by atomic mass is 19.4. The van der Waals surface area contributed by atoms with Crippen molar-refractivity contribution in [2.45, 2.75) is 19.6 Å². The standard InChI is InChI=1S/C19H15F3N2O2/c1-12-5-7-13(8-6-12)11-24-17(25)16(23-18(24)26)10-14-3-2-4-15(9-14)19(20,21)22/h2-10H,11H2,1H3,(H,23,26)/b16-10+. The molecule has 1 saturated heterocycles. The van der Waals surface area contributed by atoms with E-state index in [4.69, 9.17) is 0 Å². The lowest BCUT2D eigenvalue weighted by molar-refractivity contribution is -0.137. The van der Waals surface area contributed by atoms with Crippen LogP contribution in [0, 0.1) is 6.92 Å². The third-order valence-electron chi connectivity index (χ3n) is 3.95. The molecule has 0 aromatic heterocycles. The number of carbonyl (C=O) groups is 2. The number of amides is 3. The van der Waals surface area contributed by atoms with Crippen LogP contribution in [0.4, 0.5) is 18.0 Å². The third-order valence-corrected chi connectivity index (χ3v) is 3.95. The molecule has 0 aliphatic carbocycles. The van der Waals surface area contributed by atoms with Crippen LogP contribution in [0.15, 0.2) is 54.2 Å². The number of halogens is 3. The number of hydrogen-bond acceptors (Lipinski definition) is 2. The van der Waals surface area contributed by atoms with E-state index in [2.05, 4.69) is 5.32 Å². The number of carbonyl (C=O) groups excluding carboxylic acids is 2. The summed E-state index contributed by atoms with van der Waals surface area (Å²) in [6.45, 7) is 2.01. The zero-order valence-electron chi connectivity index (χ0n) is 13.8. The van der Waals surface area contributed by atoms with Crippen LogP contribution in [-0.2, 0) is 17.5 Å². The zero-order valence-corrected chi connectivity index (χ0v) is 13.8. The van der Waals surface area contributed by atoms with Gasteiger partial charge in [-0.2, -0.15) is 13.2 Å². The monoisotopic (exact) mass is 360 g/mol. The molecule has 0 saturated carbocycles. The largest absolute Gasteiger partial charge is 0.416 e. The Hall–Kier alpha value is -3.09. The summed E-state index contributed by atoms with van der Waals surface area (Å²) in [5.74, 6) is -0.576. The second kappa shape index (κ2) is 6.67. The van der Waals surface area contributed by atoms with Crippen LogP contribution in [0.5, 0.6) is 0 Å². The van der Waals surface area contributed by atoms with Gasteiger partial charge in [0.2, 0.25) is 0 Å². The quantitative estimate of drug-likeness (QED) is 0.662. The number of imide groups is 1. The fourth-order valence-corrected chi connectivity index (χ4v) is 2.56. The Morgan fingerprint density at radius 1 is 1.08 bits per heavy atom. The molecule has 134 valence electrons. The van der Waals surface area contributed by atoms with Gasteiger partial charge < -0.3 is 5.32 Å². The number of nitrogens with zero attached hydrogens (tertiary/aromatic N) is 1. The Kier molecular flexibility index (Phi) is 4.54. The van der Waals surface area contributed by atoms with Crippen molar-refractivity contribution >= 4 is 18.0 Å². The molecule has 0 spiro atoms. The molecular weight excluding hydrogens is 345 g/mol. The average Bonchev–Trinajstić information content (AvgIpc) is 2.84. The number of rotatable bonds is 3. The first-order valence-electron chi connectivity index (χ1n) is 7.81. The van der Waals surface area contributed by atoms with Crippen molar-refractivity contribution in [3.05, 3.63) is 76.5 Å². The Labute approximate surface area is 147 Å². The van der Waals surface area contributed by atoms with Crippen LogP contribution in [0.3, 0.4) is 0 Å². The van der Waals surface area contributed by atoms with Crippen molar-refractivity contribution in [1.29, 1.82) is 0 Å². The molecule has 0 radical (unpaired) electrons. The molecule has 1 aliphatic heterocycles. The van der Waals surface area contributed by atoms with E-state index in [1.807, 2.05) is 31.2 Å². The predicted molar refractivity (Wildman–Crippen MR) is 89.7 cm³/mol. The van der Waals surface area contributed by atoms with E-state index in [0.29, 0.717) is 0 Å². The van der Waals surface area contributed by atoms with Gasteiger partial charge in [-0.15, -0.1) is 0 Å². The molecule has 7 heteroatoms. The molecule has 3 amide bonds. The number of alkyl halides is 3. The van der Waals surface area contributed by atoms with Crippen LogP contribution in [0.1, 0.15) is 22.3 Å². The van der Waals surface area contributed by atoms with E-state index in [0.717, 1.165) is 28.2 Å². The first-order valence-corrected chi connectivity index (χ1v) is 7.81. The molecule has 1 fully saturated rings. The van der Waals surface area contributed by atoms with Gasteiger partial charge in [0.05, 0.1) is 12.1 Å². The van der Waals surface area contributed by atoms with E-state index in [9.17, 15) is 22.8 Å². The van der Waals surface area contributed by atoms with Gasteiger partial charge in [-0.1, -0.05) is 42.0 Å². The molecule has 0 bridgehead atoms. The molecule has 1 heterocycles. The number of benzene rings is 2. The lowest BCUT2D eigenvalue weighted by Gasteiger charge is -2.11. The maximum atomic E-state index is 12.8. The van der Waals surface area contributed by atoms with Crippen LogP contribution in [0.2, 0.25) is 0 Å². The van der Waals surface area contributed by atoms with E-state index in [1.54, 1.807) is 0 Å². The molecule has 0 unspecified atom stereocenters. The zero-order chi connectivity index (χ0) is 18.9. The maximum Gasteiger partial charge on any atom is 0.416 e. The summed E-state index contributed by atoms with van der Waals surface area (Å²) in [5, 5.41) is 2.41. The number of aryl methyl sites for hydroxylation is 1. The first-order chi connectivity index (χ1) is 12.2. The second-order valence-corrected chi connectivity index (χ2v) is 5.99. The van der Waals surface area contributed by atoms with E-state index in [1.165, 1.54) is 18.2 Å².